The normalized spacial score (nSPS) is 20.8. The average Bonchev–Trinajstić information content (AvgIpc) is 3.18. The fraction of sp³-hybridized carbons (Fsp3) is 0.423. The molecule has 0 spiro atoms. The molecule has 1 N–H and O–H groups in total. The van der Waals surface area contributed by atoms with Crippen molar-refractivity contribution < 1.29 is 14.4 Å². The van der Waals surface area contributed by atoms with Gasteiger partial charge in [-0.1, -0.05) is 44.3 Å². The minimum atomic E-state index is -0.594. The van der Waals surface area contributed by atoms with E-state index in [1.807, 2.05) is 18.2 Å². The van der Waals surface area contributed by atoms with Crippen LogP contribution in [-0.2, 0) is 28.4 Å². The number of fused-ring (bicyclic) bond motifs is 1. The maximum absolute atomic E-state index is 13.1. The van der Waals surface area contributed by atoms with Crippen LogP contribution >= 0.6 is 43.6 Å². The summed E-state index contributed by atoms with van der Waals surface area (Å²) in [5.74, 6) is -0.0324. The molecule has 6 nitrogen and oxygen atoms in total. The number of halogens is 2. The number of benzene rings is 2. The van der Waals surface area contributed by atoms with Crippen molar-refractivity contribution >= 4 is 61.3 Å². The number of nitrogens with zero attached hydrogens (tertiary/aromatic N) is 2. The summed E-state index contributed by atoms with van der Waals surface area (Å²) in [7, 11) is 0. The van der Waals surface area contributed by atoms with Crippen LogP contribution in [0.25, 0.3) is 0 Å². The molecule has 184 valence electrons. The highest BCUT2D eigenvalue weighted by atomic mass is 79.9. The number of imide groups is 1. The van der Waals surface area contributed by atoms with E-state index in [-0.39, 0.29) is 24.1 Å². The summed E-state index contributed by atoms with van der Waals surface area (Å²) in [4.78, 5) is 42.2. The monoisotopic (exact) mass is 619 g/mol. The van der Waals surface area contributed by atoms with E-state index in [0.29, 0.717) is 18.5 Å². The van der Waals surface area contributed by atoms with Gasteiger partial charge in [0.1, 0.15) is 6.04 Å². The van der Waals surface area contributed by atoms with Crippen molar-refractivity contribution in [2.75, 3.05) is 13.1 Å². The maximum Gasteiger partial charge on any atom is 0.255 e. The minimum Gasteiger partial charge on any atom is -0.322 e. The van der Waals surface area contributed by atoms with Crippen LogP contribution in [0.2, 0.25) is 0 Å². The lowest BCUT2D eigenvalue weighted by molar-refractivity contribution is -0.136. The Morgan fingerprint density at radius 2 is 1.74 bits per heavy atom. The van der Waals surface area contributed by atoms with E-state index in [4.69, 9.17) is 0 Å². The third kappa shape index (κ3) is 5.38. The Morgan fingerprint density at radius 1 is 1.00 bits per heavy atom. The highest BCUT2D eigenvalue weighted by molar-refractivity contribution is 9.11. The van der Waals surface area contributed by atoms with Crippen LogP contribution in [-0.4, -0.2) is 46.7 Å². The Hall–Kier alpha value is -1.68. The molecule has 3 aliphatic heterocycles. The standard InChI is InChI=1S/C26H27Br2N3O3S/c27-20-12-17(21(28)11-16(20)13-30-9-2-1-3-10-30)15-35-23-6-4-5-18-19(23)14-31(26(18)34)22-7-8-24(32)29-25(22)33/h4-6,11-12,22H,1-3,7-10,13-15H2,(H,29,32,33). The van der Waals surface area contributed by atoms with Gasteiger partial charge in [-0.3, -0.25) is 24.6 Å². The topological polar surface area (TPSA) is 69.7 Å². The molecule has 2 fully saturated rings. The van der Waals surface area contributed by atoms with Gasteiger partial charge in [-0.15, -0.1) is 11.8 Å². The predicted octanol–water partition coefficient (Wildman–Crippen LogP) is 5.25. The van der Waals surface area contributed by atoms with E-state index in [2.05, 4.69) is 54.2 Å². The molecular weight excluding hydrogens is 594 g/mol. The van der Waals surface area contributed by atoms with Gasteiger partial charge < -0.3 is 4.90 Å². The van der Waals surface area contributed by atoms with Crippen molar-refractivity contribution in [1.82, 2.24) is 15.1 Å². The number of thioether (sulfide) groups is 1. The number of nitrogens with one attached hydrogen (secondary N) is 1. The molecule has 2 aromatic rings. The fourth-order valence-electron chi connectivity index (χ4n) is 5.07. The highest BCUT2D eigenvalue weighted by Crippen LogP contribution is 2.37. The molecule has 2 saturated heterocycles. The van der Waals surface area contributed by atoms with E-state index in [0.717, 1.165) is 44.8 Å². The maximum atomic E-state index is 13.1. The lowest BCUT2D eigenvalue weighted by Gasteiger charge is -2.29. The van der Waals surface area contributed by atoms with Gasteiger partial charge in [0.2, 0.25) is 11.8 Å². The first-order valence-corrected chi connectivity index (χ1v) is 14.6. The largest absolute Gasteiger partial charge is 0.322 e. The van der Waals surface area contributed by atoms with Crippen LogP contribution in [0.1, 0.15) is 59.2 Å². The Kier molecular flexibility index (Phi) is 7.67. The molecule has 0 aromatic heterocycles. The summed E-state index contributed by atoms with van der Waals surface area (Å²) in [6.07, 6.45) is 4.51. The number of hydrogen-bond acceptors (Lipinski definition) is 5. The zero-order valence-electron chi connectivity index (χ0n) is 19.3. The first-order chi connectivity index (χ1) is 16.9. The quantitative estimate of drug-likeness (QED) is 0.353. The Labute approximate surface area is 226 Å². The lowest BCUT2D eigenvalue weighted by atomic mass is 10.0. The predicted molar refractivity (Wildman–Crippen MR) is 143 cm³/mol. The number of amides is 3. The van der Waals surface area contributed by atoms with E-state index >= 15 is 0 Å². The second kappa shape index (κ2) is 10.7. The first-order valence-electron chi connectivity index (χ1n) is 12.0. The second-order valence-electron chi connectivity index (χ2n) is 9.34. The van der Waals surface area contributed by atoms with E-state index < -0.39 is 6.04 Å². The molecule has 0 radical (unpaired) electrons. The molecule has 5 rings (SSSR count). The van der Waals surface area contributed by atoms with Gasteiger partial charge in [0.25, 0.3) is 5.91 Å². The third-order valence-electron chi connectivity index (χ3n) is 6.98. The summed E-state index contributed by atoms with van der Waals surface area (Å²) in [6.45, 7) is 3.67. The minimum absolute atomic E-state index is 0.136. The van der Waals surface area contributed by atoms with Gasteiger partial charge in [-0.2, -0.15) is 0 Å². The molecule has 35 heavy (non-hydrogen) atoms. The van der Waals surface area contributed by atoms with Gasteiger partial charge in [-0.25, -0.2) is 0 Å². The molecule has 1 unspecified atom stereocenters. The smallest absolute Gasteiger partial charge is 0.255 e. The van der Waals surface area contributed by atoms with Crippen LogP contribution in [0.15, 0.2) is 44.2 Å². The molecular formula is C26H27Br2N3O3S. The summed E-state index contributed by atoms with van der Waals surface area (Å²) < 4.78 is 2.22. The molecule has 3 heterocycles. The molecule has 1 atom stereocenters. The summed E-state index contributed by atoms with van der Waals surface area (Å²) in [5.41, 5.74) is 4.09. The number of rotatable bonds is 6. The first kappa shape index (κ1) is 25.0. The fourth-order valence-corrected chi connectivity index (χ4v) is 7.37. The van der Waals surface area contributed by atoms with E-state index in [1.165, 1.54) is 30.4 Å². The summed E-state index contributed by atoms with van der Waals surface area (Å²) in [6, 6.07) is 9.59. The van der Waals surface area contributed by atoms with Crippen molar-refractivity contribution in [3.8, 4) is 0 Å². The van der Waals surface area contributed by atoms with Crippen LogP contribution in [0.5, 0.6) is 0 Å². The van der Waals surface area contributed by atoms with Crippen LogP contribution in [0.4, 0.5) is 0 Å². The highest BCUT2D eigenvalue weighted by Gasteiger charge is 2.39. The van der Waals surface area contributed by atoms with Gasteiger partial charge in [0.15, 0.2) is 0 Å². The zero-order valence-corrected chi connectivity index (χ0v) is 23.3. The molecule has 0 aliphatic carbocycles. The van der Waals surface area contributed by atoms with Crippen LogP contribution in [0, 0.1) is 0 Å². The lowest BCUT2D eigenvalue weighted by Crippen LogP contribution is -2.52. The number of likely N-dealkylation sites (tertiary alicyclic amines) is 1. The third-order valence-corrected chi connectivity index (χ3v) is 9.61. The summed E-state index contributed by atoms with van der Waals surface area (Å²) in [5, 5.41) is 2.37. The van der Waals surface area contributed by atoms with Gasteiger partial charge in [0.05, 0.1) is 0 Å². The van der Waals surface area contributed by atoms with Gasteiger partial charge in [0, 0.05) is 44.7 Å². The number of carbonyl (C=O) groups excluding carboxylic acids is 3. The van der Waals surface area contributed by atoms with E-state index in [1.54, 1.807) is 16.7 Å². The van der Waals surface area contributed by atoms with Crippen molar-refractivity contribution in [2.45, 2.75) is 61.9 Å². The SMILES string of the molecule is O=C1CCC(N2Cc3c(SCc4cc(Br)c(CN5CCCCC5)cc4Br)cccc3C2=O)C(=O)N1. The Morgan fingerprint density at radius 3 is 2.51 bits per heavy atom. The van der Waals surface area contributed by atoms with Gasteiger partial charge in [-0.05, 0) is 73.3 Å². The number of piperidine rings is 2. The molecule has 3 aliphatic rings. The van der Waals surface area contributed by atoms with Crippen molar-refractivity contribution in [1.29, 1.82) is 0 Å². The molecule has 0 saturated carbocycles. The average molecular weight is 621 g/mol. The van der Waals surface area contributed by atoms with Crippen LogP contribution in [0.3, 0.4) is 0 Å². The number of hydrogen-bond donors (Lipinski definition) is 1. The van der Waals surface area contributed by atoms with Crippen molar-refractivity contribution in [2.24, 2.45) is 0 Å². The molecule has 9 heteroatoms. The molecule has 3 amide bonds. The zero-order chi connectivity index (χ0) is 24.5. The van der Waals surface area contributed by atoms with Crippen molar-refractivity contribution in [3.63, 3.8) is 0 Å². The van der Waals surface area contributed by atoms with E-state index in [9.17, 15) is 14.4 Å². The van der Waals surface area contributed by atoms with Crippen molar-refractivity contribution in [3.05, 3.63) is 61.5 Å². The molecule has 0 bridgehead atoms. The molecule has 2 aromatic carbocycles. The second-order valence-corrected chi connectivity index (χ2v) is 12.1. The van der Waals surface area contributed by atoms with Crippen LogP contribution < -0.4 is 5.32 Å². The number of carbonyl (C=O) groups is 3. The van der Waals surface area contributed by atoms with Gasteiger partial charge >= 0.3 is 0 Å². The summed E-state index contributed by atoms with van der Waals surface area (Å²) >= 11 is 9.26. The Balaban J connectivity index is 1.29. The Bertz CT molecular complexity index is 1180.